The number of carbonyl (C=O) groups is 1. The third-order valence-electron chi connectivity index (χ3n) is 5.53. The van der Waals surface area contributed by atoms with Crippen LogP contribution < -0.4 is 10.6 Å². The lowest BCUT2D eigenvalue weighted by Crippen LogP contribution is -2.35. The maximum Gasteiger partial charge on any atom is 0.410 e. The Kier molecular flexibility index (Phi) is 5.68. The highest BCUT2D eigenvalue weighted by Crippen LogP contribution is 2.43. The van der Waals surface area contributed by atoms with Crippen molar-refractivity contribution < 1.29 is 23.1 Å². The fourth-order valence-electron chi connectivity index (χ4n) is 3.77. The number of hydrogen-bond donors (Lipinski definition) is 3. The van der Waals surface area contributed by atoms with Crippen molar-refractivity contribution in [2.45, 2.75) is 44.6 Å². The third-order valence-corrected chi connectivity index (χ3v) is 5.53. The third kappa shape index (κ3) is 4.47. The zero-order valence-electron chi connectivity index (χ0n) is 17.5. The maximum atomic E-state index is 13.8. The first-order valence-electron chi connectivity index (χ1n) is 10.2. The van der Waals surface area contributed by atoms with E-state index in [9.17, 15) is 23.1 Å². The summed E-state index contributed by atoms with van der Waals surface area (Å²) in [7, 11) is 0. The number of aliphatic hydroxyl groups excluding tert-OH is 1. The zero-order chi connectivity index (χ0) is 23.0. The summed E-state index contributed by atoms with van der Waals surface area (Å²) in [6, 6.07) is 12.8. The van der Waals surface area contributed by atoms with Gasteiger partial charge < -0.3 is 15.7 Å². The number of hydrogen-bond acceptors (Lipinski definition) is 4. The molecule has 0 fully saturated rings. The van der Waals surface area contributed by atoms with Crippen LogP contribution in [0.25, 0.3) is 0 Å². The maximum absolute atomic E-state index is 13.8. The van der Waals surface area contributed by atoms with E-state index in [0.717, 1.165) is 15.8 Å². The quantitative estimate of drug-likeness (QED) is 0.520. The first kappa shape index (κ1) is 21.9. The molecule has 0 radical (unpaired) electrons. The molecule has 9 heteroatoms. The summed E-state index contributed by atoms with van der Waals surface area (Å²) >= 11 is 0. The number of rotatable bonds is 4. The average Bonchev–Trinajstić information content (AvgIpc) is 3.17. The summed E-state index contributed by atoms with van der Waals surface area (Å²) in [5, 5.41) is 19.4. The monoisotopic (exact) mass is 444 g/mol. The smallest absolute Gasteiger partial charge is 0.389 e. The molecule has 0 aliphatic carbocycles. The number of aromatic nitrogens is 2. The second kappa shape index (κ2) is 8.31. The summed E-state index contributed by atoms with van der Waals surface area (Å²) in [6.45, 7) is 3.51. The number of aliphatic hydroxyl groups is 1. The van der Waals surface area contributed by atoms with E-state index in [2.05, 4.69) is 15.7 Å². The Hall–Kier alpha value is -3.33. The van der Waals surface area contributed by atoms with Gasteiger partial charge in [-0.2, -0.15) is 18.3 Å². The van der Waals surface area contributed by atoms with Gasteiger partial charge in [-0.05, 0) is 37.1 Å². The van der Waals surface area contributed by atoms with Crippen LogP contribution in [0.3, 0.4) is 0 Å². The molecule has 2 aromatic carbocycles. The van der Waals surface area contributed by atoms with Gasteiger partial charge in [-0.25, -0.2) is 4.68 Å². The molecule has 3 atom stereocenters. The van der Waals surface area contributed by atoms with E-state index in [0.29, 0.717) is 11.3 Å². The average molecular weight is 444 g/mol. The van der Waals surface area contributed by atoms with Crippen LogP contribution in [-0.2, 0) is 0 Å². The minimum atomic E-state index is -4.52. The lowest BCUT2D eigenvalue weighted by atomic mass is 9.96. The summed E-state index contributed by atoms with van der Waals surface area (Å²) in [5.74, 6) is -0.503. The number of fused-ring (bicyclic) bond motifs is 1. The van der Waals surface area contributed by atoms with Crippen LogP contribution in [-0.4, -0.2) is 27.0 Å². The van der Waals surface area contributed by atoms with Crippen molar-refractivity contribution in [2.75, 3.05) is 10.6 Å². The van der Waals surface area contributed by atoms with Crippen LogP contribution in [0.1, 0.15) is 58.7 Å². The summed E-state index contributed by atoms with van der Waals surface area (Å²) < 4.78 is 42.4. The highest BCUT2D eigenvalue weighted by Gasteiger charge is 2.46. The number of alkyl halides is 3. The van der Waals surface area contributed by atoms with E-state index in [-0.39, 0.29) is 17.9 Å². The van der Waals surface area contributed by atoms with Crippen LogP contribution in [0, 0.1) is 6.92 Å². The molecule has 1 aliphatic heterocycles. The highest BCUT2D eigenvalue weighted by molar-refractivity contribution is 6.03. The van der Waals surface area contributed by atoms with Gasteiger partial charge in [-0.1, -0.05) is 42.0 Å². The Morgan fingerprint density at radius 3 is 2.59 bits per heavy atom. The van der Waals surface area contributed by atoms with Crippen LogP contribution in [0.5, 0.6) is 0 Å². The zero-order valence-corrected chi connectivity index (χ0v) is 17.5. The molecule has 168 valence electrons. The predicted octanol–water partition coefficient (Wildman–Crippen LogP) is 5.16. The second-order valence-electron chi connectivity index (χ2n) is 8.02. The molecule has 1 amide bonds. The number of nitrogens with zero attached hydrogens (tertiary/aromatic N) is 2. The lowest BCUT2D eigenvalue weighted by molar-refractivity contribution is -0.173. The molecule has 4 rings (SSSR count). The minimum Gasteiger partial charge on any atom is -0.389 e. The second-order valence-corrected chi connectivity index (χ2v) is 8.02. The molecule has 32 heavy (non-hydrogen) atoms. The molecule has 0 bridgehead atoms. The number of halogens is 3. The molecule has 3 aromatic rings. The summed E-state index contributed by atoms with van der Waals surface area (Å²) in [5.41, 5.74) is 2.64. The van der Waals surface area contributed by atoms with Crippen LogP contribution in [0.2, 0.25) is 0 Å². The molecule has 1 aliphatic rings. The summed E-state index contributed by atoms with van der Waals surface area (Å²) in [4.78, 5) is 12.7. The Morgan fingerprint density at radius 1 is 1.22 bits per heavy atom. The van der Waals surface area contributed by atoms with Crippen molar-refractivity contribution in [3.8, 4) is 0 Å². The normalized spacial score (nSPS) is 19.1. The number of amides is 1. The van der Waals surface area contributed by atoms with Gasteiger partial charge in [0.1, 0.15) is 5.82 Å². The molecule has 2 heterocycles. The van der Waals surface area contributed by atoms with Crippen molar-refractivity contribution >= 4 is 17.4 Å². The number of nitrogens with one attached hydrogen (secondary N) is 2. The van der Waals surface area contributed by atoms with Crippen molar-refractivity contribution in [1.29, 1.82) is 0 Å². The molecule has 3 N–H and O–H groups in total. The first-order valence-corrected chi connectivity index (χ1v) is 10.2. The Balaban J connectivity index is 1.62. The first-order chi connectivity index (χ1) is 15.1. The van der Waals surface area contributed by atoms with Crippen molar-refractivity contribution in [2.24, 2.45) is 0 Å². The van der Waals surface area contributed by atoms with Crippen LogP contribution in [0.4, 0.5) is 24.7 Å². The Labute approximate surface area is 183 Å². The largest absolute Gasteiger partial charge is 0.410 e. The van der Waals surface area contributed by atoms with Gasteiger partial charge in [0.15, 0.2) is 11.7 Å². The number of anilines is 2. The van der Waals surface area contributed by atoms with E-state index in [4.69, 9.17) is 0 Å². The Bertz CT molecular complexity index is 1120. The number of aryl methyl sites for hydroxylation is 1. The van der Waals surface area contributed by atoms with Gasteiger partial charge in [-0.3, -0.25) is 4.79 Å². The number of carbonyl (C=O) groups excluding carboxylic acids is 1. The molecular formula is C23H23F3N4O2. The van der Waals surface area contributed by atoms with Crippen molar-refractivity contribution in [1.82, 2.24) is 9.78 Å². The van der Waals surface area contributed by atoms with Crippen LogP contribution in [0.15, 0.2) is 54.6 Å². The fraction of sp³-hybridized carbons (Fsp3) is 0.304. The predicted molar refractivity (Wildman–Crippen MR) is 115 cm³/mol. The van der Waals surface area contributed by atoms with Gasteiger partial charge in [-0.15, -0.1) is 0 Å². The highest BCUT2D eigenvalue weighted by atomic mass is 19.4. The van der Waals surface area contributed by atoms with E-state index >= 15 is 0 Å². The minimum absolute atomic E-state index is 0.131. The number of benzene rings is 2. The fourth-order valence-corrected chi connectivity index (χ4v) is 3.77. The molecule has 1 aromatic heterocycles. The molecule has 0 unspecified atom stereocenters. The van der Waals surface area contributed by atoms with E-state index in [1.807, 2.05) is 19.1 Å². The van der Waals surface area contributed by atoms with E-state index < -0.39 is 30.3 Å². The topological polar surface area (TPSA) is 79.2 Å². The van der Waals surface area contributed by atoms with Crippen LogP contribution >= 0.6 is 0 Å². The summed E-state index contributed by atoms with van der Waals surface area (Å²) in [6.07, 6.45) is -5.48. The van der Waals surface area contributed by atoms with Crippen molar-refractivity contribution in [3.05, 3.63) is 77.0 Å². The van der Waals surface area contributed by atoms with E-state index in [1.54, 1.807) is 43.3 Å². The molecule has 6 nitrogen and oxygen atoms in total. The standard InChI is InChI=1S/C23H23F3N4O2/c1-13-6-8-15(9-7-13)18-11-20(23(24,25)26)30-21(28-18)12-19(29-30)22(32)27-17-5-3-4-16(10-17)14(2)31/h3-10,12,14,18,20,28,31H,11H2,1-2H3,(H,27,32)/t14-,18+,20+/m0/s1. The SMILES string of the molecule is Cc1ccc([C@H]2C[C@H](C(F)(F)F)n3nc(C(=O)Nc4cccc([C@H](C)O)c4)cc3N2)cc1. The molecular weight excluding hydrogens is 421 g/mol. The Morgan fingerprint density at radius 2 is 1.94 bits per heavy atom. The van der Waals surface area contributed by atoms with E-state index in [1.165, 1.54) is 6.07 Å². The van der Waals surface area contributed by atoms with Gasteiger partial charge in [0.25, 0.3) is 5.91 Å². The van der Waals surface area contributed by atoms with Gasteiger partial charge in [0, 0.05) is 18.2 Å². The van der Waals surface area contributed by atoms with Gasteiger partial charge in [0.2, 0.25) is 0 Å². The molecule has 0 saturated carbocycles. The molecule has 0 saturated heterocycles. The van der Waals surface area contributed by atoms with Gasteiger partial charge in [0.05, 0.1) is 12.1 Å². The molecule has 0 spiro atoms. The van der Waals surface area contributed by atoms with Crippen molar-refractivity contribution in [3.63, 3.8) is 0 Å². The lowest BCUT2D eigenvalue weighted by Gasteiger charge is -2.33. The van der Waals surface area contributed by atoms with Gasteiger partial charge >= 0.3 is 6.18 Å².